The van der Waals surface area contributed by atoms with Crippen LogP contribution >= 0.6 is 0 Å². The molecule has 0 spiro atoms. The Morgan fingerprint density at radius 3 is 2.80 bits per heavy atom. The van der Waals surface area contributed by atoms with Crippen LogP contribution in [0.4, 0.5) is 0 Å². The molecule has 0 aliphatic heterocycles. The molecule has 0 radical (unpaired) electrons. The summed E-state index contributed by atoms with van der Waals surface area (Å²) in [6, 6.07) is 5.85. The minimum Gasteiger partial charge on any atom is -0.474 e. The Morgan fingerprint density at radius 2 is 2.00 bits per heavy atom. The van der Waals surface area contributed by atoms with E-state index >= 15 is 0 Å². The van der Waals surface area contributed by atoms with Gasteiger partial charge in [0.25, 0.3) is 5.91 Å². The maximum Gasteiger partial charge on any atom is 0.273 e. The number of hydrogen-bond donors (Lipinski definition) is 1. The number of hydrogen-bond acceptors (Lipinski definition) is 5. The van der Waals surface area contributed by atoms with Gasteiger partial charge in [-0.05, 0) is 51.0 Å². The Balaban J connectivity index is 1.30. The van der Waals surface area contributed by atoms with E-state index in [1.165, 1.54) is 0 Å². The molecule has 2 aliphatic carbocycles. The van der Waals surface area contributed by atoms with Gasteiger partial charge in [0, 0.05) is 30.3 Å². The minimum absolute atomic E-state index is 0.0963. The summed E-state index contributed by atoms with van der Waals surface area (Å²) in [6.07, 6.45) is 9.55. The van der Waals surface area contributed by atoms with Crippen LogP contribution in [-0.2, 0) is 12.8 Å². The topological polar surface area (TPSA) is 77.2 Å². The van der Waals surface area contributed by atoms with Gasteiger partial charge in [0.15, 0.2) is 5.69 Å². The van der Waals surface area contributed by atoms with Crippen molar-refractivity contribution >= 4 is 5.91 Å². The van der Waals surface area contributed by atoms with E-state index in [0.717, 1.165) is 62.7 Å². The number of nitrogens with one attached hydrogen (secondary N) is 1. The molecule has 0 unspecified atom stereocenters. The first-order chi connectivity index (χ1) is 12.3. The van der Waals surface area contributed by atoms with Crippen LogP contribution in [0.3, 0.4) is 0 Å². The monoisotopic (exact) mass is 341 g/mol. The number of rotatable bonds is 4. The number of aryl methyl sites for hydroxylation is 1. The smallest absolute Gasteiger partial charge is 0.273 e. The highest BCUT2D eigenvalue weighted by Gasteiger charge is 2.28. The number of carbonyl (C=O) groups excluding carboxylic acids is 1. The Hall–Kier alpha value is -2.37. The molecule has 1 saturated carbocycles. The number of ether oxygens (including phenoxy) is 1. The highest BCUT2D eigenvalue weighted by molar-refractivity contribution is 5.94. The van der Waals surface area contributed by atoms with Gasteiger partial charge in [-0.1, -0.05) is 11.2 Å². The molecule has 4 rings (SSSR count). The Labute approximate surface area is 147 Å². The highest BCUT2D eigenvalue weighted by Crippen LogP contribution is 2.26. The third-order valence-corrected chi connectivity index (χ3v) is 5.10. The Morgan fingerprint density at radius 1 is 1.16 bits per heavy atom. The van der Waals surface area contributed by atoms with Crippen molar-refractivity contribution in [2.45, 2.75) is 63.5 Å². The van der Waals surface area contributed by atoms with Crippen LogP contribution in [0.25, 0.3) is 0 Å². The van der Waals surface area contributed by atoms with Crippen LogP contribution in [0, 0.1) is 0 Å². The largest absolute Gasteiger partial charge is 0.474 e. The summed E-state index contributed by atoms with van der Waals surface area (Å²) in [5.74, 6) is 1.47. The third-order valence-electron chi connectivity index (χ3n) is 5.10. The molecule has 2 aliphatic rings. The molecule has 132 valence electrons. The van der Waals surface area contributed by atoms with Gasteiger partial charge < -0.3 is 14.6 Å². The predicted molar refractivity (Wildman–Crippen MR) is 91.5 cm³/mol. The molecular formula is C19H23N3O3. The van der Waals surface area contributed by atoms with E-state index < -0.39 is 0 Å². The minimum atomic E-state index is -0.0963. The van der Waals surface area contributed by atoms with Crippen molar-refractivity contribution in [1.29, 1.82) is 0 Å². The van der Waals surface area contributed by atoms with Crippen LogP contribution < -0.4 is 10.1 Å². The molecule has 2 heterocycles. The van der Waals surface area contributed by atoms with E-state index in [1.54, 1.807) is 6.20 Å². The maximum absolute atomic E-state index is 12.5. The molecule has 0 atom stereocenters. The maximum atomic E-state index is 12.5. The molecule has 2 aromatic heterocycles. The zero-order valence-electron chi connectivity index (χ0n) is 14.2. The Bertz CT molecular complexity index is 721. The zero-order valence-corrected chi connectivity index (χ0v) is 14.2. The zero-order chi connectivity index (χ0) is 17.1. The summed E-state index contributed by atoms with van der Waals surface area (Å²) in [4.78, 5) is 16.7. The molecule has 1 amide bonds. The molecule has 6 heteroatoms. The van der Waals surface area contributed by atoms with Crippen LogP contribution in [-0.4, -0.2) is 28.2 Å². The average Bonchev–Trinajstić information content (AvgIpc) is 3.08. The number of carbonyl (C=O) groups is 1. The molecule has 0 bridgehead atoms. The van der Waals surface area contributed by atoms with Crippen molar-refractivity contribution in [1.82, 2.24) is 15.5 Å². The summed E-state index contributed by atoms with van der Waals surface area (Å²) in [5.41, 5.74) is 1.50. The van der Waals surface area contributed by atoms with Crippen LogP contribution in [0.2, 0.25) is 0 Å². The van der Waals surface area contributed by atoms with Gasteiger partial charge in [-0.15, -0.1) is 0 Å². The number of nitrogens with zero attached hydrogens (tertiary/aromatic N) is 2. The van der Waals surface area contributed by atoms with Crippen molar-refractivity contribution in [3.05, 3.63) is 41.4 Å². The van der Waals surface area contributed by atoms with E-state index in [4.69, 9.17) is 9.26 Å². The first kappa shape index (κ1) is 16.1. The average molecular weight is 341 g/mol. The van der Waals surface area contributed by atoms with Crippen molar-refractivity contribution < 1.29 is 14.1 Å². The first-order valence-corrected chi connectivity index (χ1v) is 9.15. The fraction of sp³-hybridized carbons (Fsp3) is 0.526. The lowest BCUT2D eigenvalue weighted by molar-refractivity contribution is 0.0880. The number of amides is 1. The lowest BCUT2D eigenvalue weighted by Crippen LogP contribution is -2.40. The summed E-state index contributed by atoms with van der Waals surface area (Å²) in [6.45, 7) is 0. The van der Waals surface area contributed by atoms with E-state index in [0.29, 0.717) is 11.6 Å². The number of fused-ring (bicyclic) bond motifs is 1. The van der Waals surface area contributed by atoms with E-state index in [2.05, 4.69) is 15.5 Å². The van der Waals surface area contributed by atoms with Gasteiger partial charge in [0.1, 0.15) is 11.9 Å². The van der Waals surface area contributed by atoms with Crippen molar-refractivity contribution in [2.75, 3.05) is 0 Å². The first-order valence-electron chi connectivity index (χ1n) is 9.15. The SMILES string of the molecule is O=C(NC1CCC(Oc2ccccn2)CC1)c1noc2c1CCCC2. The Kier molecular flexibility index (Phi) is 4.68. The fourth-order valence-corrected chi connectivity index (χ4v) is 3.73. The number of aromatic nitrogens is 2. The van der Waals surface area contributed by atoms with E-state index in [9.17, 15) is 4.79 Å². The molecule has 6 nitrogen and oxygen atoms in total. The second-order valence-corrected chi connectivity index (χ2v) is 6.87. The number of pyridine rings is 1. The second-order valence-electron chi connectivity index (χ2n) is 6.87. The molecule has 2 aromatic rings. The van der Waals surface area contributed by atoms with Gasteiger partial charge >= 0.3 is 0 Å². The fourth-order valence-electron chi connectivity index (χ4n) is 3.73. The second kappa shape index (κ2) is 7.25. The van der Waals surface area contributed by atoms with Crippen molar-refractivity contribution in [2.24, 2.45) is 0 Å². The van der Waals surface area contributed by atoms with Crippen LogP contribution in [0.5, 0.6) is 5.88 Å². The van der Waals surface area contributed by atoms with Gasteiger partial charge in [-0.3, -0.25) is 4.79 Å². The van der Waals surface area contributed by atoms with Crippen LogP contribution in [0.1, 0.15) is 60.3 Å². The molecule has 0 saturated heterocycles. The summed E-state index contributed by atoms with van der Waals surface area (Å²) in [5, 5.41) is 7.14. The van der Waals surface area contributed by atoms with Gasteiger partial charge in [-0.2, -0.15) is 0 Å². The summed E-state index contributed by atoms with van der Waals surface area (Å²) in [7, 11) is 0. The quantitative estimate of drug-likeness (QED) is 0.925. The lowest BCUT2D eigenvalue weighted by Gasteiger charge is -2.29. The van der Waals surface area contributed by atoms with E-state index in [1.807, 2.05) is 18.2 Å². The third kappa shape index (κ3) is 3.67. The highest BCUT2D eigenvalue weighted by atomic mass is 16.5. The standard InChI is InChI=1S/C19H23N3O3/c23-19(18-15-5-1-2-6-16(15)25-22-18)21-13-8-10-14(11-9-13)24-17-7-3-4-12-20-17/h3-4,7,12-14H,1-2,5-6,8-11H2,(H,21,23). The normalized spacial score (nSPS) is 22.9. The summed E-state index contributed by atoms with van der Waals surface area (Å²) >= 11 is 0. The van der Waals surface area contributed by atoms with Crippen LogP contribution in [0.15, 0.2) is 28.9 Å². The lowest BCUT2D eigenvalue weighted by atomic mass is 9.92. The molecule has 0 aromatic carbocycles. The van der Waals surface area contributed by atoms with E-state index in [-0.39, 0.29) is 18.1 Å². The van der Waals surface area contributed by atoms with Gasteiger partial charge in [0.05, 0.1) is 0 Å². The summed E-state index contributed by atoms with van der Waals surface area (Å²) < 4.78 is 11.2. The molecule has 1 N–H and O–H groups in total. The molecular weight excluding hydrogens is 318 g/mol. The predicted octanol–water partition coefficient (Wildman–Crippen LogP) is 3.07. The van der Waals surface area contributed by atoms with Gasteiger partial charge in [-0.25, -0.2) is 4.98 Å². The molecule has 25 heavy (non-hydrogen) atoms. The molecule has 1 fully saturated rings. The van der Waals surface area contributed by atoms with Crippen molar-refractivity contribution in [3.8, 4) is 5.88 Å². The van der Waals surface area contributed by atoms with Gasteiger partial charge in [0.2, 0.25) is 5.88 Å². The van der Waals surface area contributed by atoms with Crippen molar-refractivity contribution in [3.63, 3.8) is 0 Å².